The van der Waals surface area contributed by atoms with E-state index in [1.54, 1.807) is 19.1 Å². The lowest BCUT2D eigenvalue weighted by atomic mass is 9.98. The molecule has 6 heteroatoms. The van der Waals surface area contributed by atoms with Crippen LogP contribution >= 0.6 is 23.6 Å². The lowest BCUT2D eigenvalue weighted by Gasteiger charge is -2.27. The van der Waals surface area contributed by atoms with Crippen LogP contribution in [0, 0.1) is 0 Å². The Bertz CT molecular complexity index is 386. The Balaban J connectivity index is 3.07. The van der Waals surface area contributed by atoms with E-state index >= 15 is 0 Å². The van der Waals surface area contributed by atoms with E-state index in [1.807, 2.05) is 13.0 Å². The van der Waals surface area contributed by atoms with Crippen molar-refractivity contribution in [3.63, 3.8) is 0 Å². The topological polar surface area (TPSA) is 37.4 Å². The standard InChI is InChI=1S/C8H11Cl2NO2S/c1-7-3-5-8(2,6-4-7)14(12,13)11(9)10/h3-5H,6H2,1-2H3. The molecule has 0 saturated heterocycles. The molecule has 1 unspecified atom stereocenters. The second kappa shape index (κ2) is 3.85. The zero-order chi connectivity index (χ0) is 11.0. The molecule has 0 aliphatic heterocycles. The highest BCUT2D eigenvalue weighted by molar-refractivity contribution is 7.92. The zero-order valence-electron chi connectivity index (χ0n) is 7.87. The largest absolute Gasteiger partial charge is 0.250 e. The van der Waals surface area contributed by atoms with Gasteiger partial charge in [-0.1, -0.05) is 23.8 Å². The normalized spacial score (nSPS) is 27.9. The van der Waals surface area contributed by atoms with Gasteiger partial charge in [-0.05, 0) is 23.6 Å². The van der Waals surface area contributed by atoms with Crippen LogP contribution in [0.3, 0.4) is 0 Å². The molecule has 0 N–H and O–H groups in total. The van der Waals surface area contributed by atoms with Crippen molar-refractivity contribution in [2.75, 3.05) is 0 Å². The smallest absolute Gasteiger partial charge is 0.209 e. The second-order valence-electron chi connectivity index (χ2n) is 3.48. The van der Waals surface area contributed by atoms with E-state index in [4.69, 9.17) is 23.6 Å². The van der Waals surface area contributed by atoms with Gasteiger partial charge in [0.15, 0.2) is 0 Å². The Hall–Kier alpha value is -0.0300. The first-order valence-electron chi connectivity index (χ1n) is 4.02. The van der Waals surface area contributed by atoms with E-state index in [9.17, 15) is 8.42 Å². The molecule has 0 aromatic carbocycles. The first kappa shape index (κ1) is 12.0. The van der Waals surface area contributed by atoms with Gasteiger partial charge < -0.3 is 0 Å². The molecular formula is C8H11Cl2NO2S. The first-order chi connectivity index (χ1) is 6.29. The highest BCUT2D eigenvalue weighted by Gasteiger charge is 2.40. The van der Waals surface area contributed by atoms with Gasteiger partial charge in [0, 0.05) is 23.6 Å². The maximum Gasteiger partial charge on any atom is 0.250 e. The predicted molar refractivity (Wildman–Crippen MR) is 58.4 cm³/mol. The summed E-state index contributed by atoms with van der Waals surface area (Å²) in [6.07, 6.45) is 5.58. The molecule has 0 aromatic rings. The van der Waals surface area contributed by atoms with Crippen molar-refractivity contribution < 1.29 is 8.42 Å². The third-order valence-electron chi connectivity index (χ3n) is 2.30. The van der Waals surface area contributed by atoms with Crippen molar-refractivity contribution in [2.24, 2.45) is 0 Å². The summed E-state index contributed by atoms with van der Waals surface area (Å²) in [5, 5.41) is 0. The number of rotatable bonds is 2. The van der Waals surface area contributed by atoms with Crippen molar-refractivity contribution in [2.45, 2.75) is 25.0 Å². The van der Waals surface area contributed by atoms with Gasteiger partial charge in [0.1, 0.15) is 4.75 Å². The fourth-order valence-corrected chi connectivity index (χ4v) is 2.95. The van der Waals surface area contributed by atoms with Crippen LogP contribution in [0.2, 0.25) is 0 Å². The Kier molecular flexibility index (Phi) is 3.31. The van der Waals surface area contributed by atoms with Gasteiger partial charge in [-0.15, -0.1) is 0 Å². The molecular weight excluding hydrogens is 245 g/mol. The van der Waals surface area contributed by atoms with Crippen LogP contribution in [0.25, 0.3) is 0 Å². The Morgan fingerprint density at radius 3 is 2.43 bits per heavy atom. The average molecular weight is 256 g/mol. The van der Waals surface area contributed by atoms with Crippen molar-refractivity contribution in [1.29, 1.82) is 0 Å². The van der Waals surface area contributed by atoms with Crippen LogP contribution in [-0.4, -0.2) is 16.5 Å². The first-order valence-corrected chi connectivity index (χ1v) is 6.14. The summed E-state index contributed by atoms with van der Waals surface area (Å²) in [4.78, 5) is 0. The molecule has 1 rings (SSSR count). The minimum Gasteiger partial charge on any atom is -0.209 e. The van der Waals surface area contributed by atoms with Crippen molar-refractivity contribution in [3.8, 4) is 0 Å². The van der Waals surface area contributed by atoms with Crippen LogP contribution in [0.15, 0.2) is 23.8 Å². The number of halogens is 2. The summed E-state index contributed by atoms with van der Waals surface area (Å²) >= 11 is 10.6. The molecule has 0 fully saturated rings. The summed E-state index contributed by atoms with van der Waals surface area (Å²) in [5.41, 5.74) is 1.04. The van der Waals surface area contributed by atoms with Gasteiger partial charge in [-0.2, -0.15) is 0 Å². The summed E-state index contributed by atoms with van der Waals surface area (Å²) < 4.78 is 22.6. The molecule has 1 aliphatic carbocycles. The lowest BCUT2D eigenvalue weighted by molar-refractivity contribution is 0.544. The van der Waals surface area contributed by atoms with E-state index in [0.717, 1.165) is 5.57 Å². The van der Waals surface area contributed by atoms with Crippen LogP contribution in [0.1, 0.15) is 20.3 Å². The van der Waals surface area contributed by atoms with Gasteiger partial charge in [0.2, 0.25) is 0 Å². The fraction of sp³-hybridized carbons (Fsp3) is 0.500. The number of hydrogen-bond donors (Lipinski definition) is 0. The van der Waals surface area contributed by atoms with E-state index in [0.29, 0.717) is 6.42 Å². The van der Waals surface area contributed by atoms with Crippen LogP contribution in [0.4, 0.5) is 0 Å². The van der Waals surface area contributed by atoms with Crippen LogP contribution < -0.4 is 0 Å². The van der Waals surface area contributed by atoms with E-state index < -0.39 is 14.8 Å². The maximum absolute atomic E-state index is 11.7. The molecule has 1 atom stereocenters. The predicted octanol–water partition coefficient (Wildman–Crippen LogP) is 2.59. The van der Waals surface area contributed by atoms with Gasteiger partial charge in [-0.3, -0.25) is 0 Å². The van der Waals surface area contributed by atoms with Gasteiger partial charge in [-0.25, -0.2) is 8.42 Å². The number of hydrogen-bond acceptors (Lipinski definition) is 2. The molecule has 0 heterocycles. The summed E-state index contributed by atoms with van der Waals surface area (Å²) in [6, 6.07) is 0. The Labute approximate surface area is 94.3 Å². The second-order valence-corrected chi connectivity index (χ2v) is 6.97. The Morgan fingerprint density at radius 2 is 2.07 bits per heavy atom. The molecule has 0 bridgehead atoms. The van der Waals surface area contributed by atoms with E-state index in [2.05, 4.69) is 0 Å². The SMILES string of the molecule is CC1=CCC(C)(S(=O)(=O)N(Cl)Cl)C=C1. The molecule has 1 aliphatic rings. The molecule has 80 valence electrons. The molecule has 3 nitrogen and oxygen atoms in total. The highest BCUT2D eigenvalue weighted by atomic mass is 35.5. The van der Waals surface area contributed by atoms with Gasteiger partial charge in [0.25, 0.3) is 10.0 Å². The van der Waals surface area contributed by atoms with Crippen LogP contribution in [0.5, 0.6) is 0 Å². The fourth-order valence-electron chi connectivity index (χ4n) is 1.16. The van der Waals surface area contributed by atoms with Crippen molar-refractivity contribution in [1.82, 2.24) is 3.34 Å². The quantitative estimate of drug-likeness (QED) is 0.712. The van der Waals surface area contributed by atoms with Crippen molar-refractivity contribution in [3.05, 3.63) is 23.8 Å². The zero-order valence-corrected chi connectivity index (χ0v) is 10.2. The molecule has 0 amide bonds. The third kappa shape index (κ3) is 1.98. The van der Waals surface area contributed by atoms with Gasteiger partial charge >= 0.3 is 0 Å². The molecule has 0 saturated carbocycles. The summed E-state index contributed by atoms with van der Waals surface area (Å²) in [6.45, 7) is 3.49. The summed E-state index contributed by atoms with van der Waals surface area (Å²) in [5.74, 6) is 0. The van der Waals surface area contributed by atoms with E-state index in [-0.39, 0.29) is 3.34 Å². The lowest BCUT2D eigenvalue weighted by Crippen LogP contribution is -2.38. The average Bonchev–Trinajstić information content (AvgIpc) is 2.10. The van der Waals surface area contributed by atoms with Crippen molar-refractivity contribution >= 4 is 33.6 Å². The highest BCUT2D eigenvalue weighted by Crippen LogP contribution is 2.32. The third-order valence-corrected chi connectivity index (χ3v) is 5.23. The van der Waals surface area contributed by atoms with E-state index in [1.165, 1.54) is 0 Å². The minimum atomic E-state index is -3.69. The summed E-state index contributed by atoms with van der Waals surface area (Å²) in [7, 11) is -3.69. The minimum absolute atomic E-state index is 0.228. The molecule has 0 aromatic heterocycles. The van der Waals surface area contributed by atoms with Crippen LogP contribution in [-0.2, 0) is 10.0 Å². The molecule has 0 radical (unpaired) electrons. The maximum atomic E-state index is 11.7. The monoisotopic (exact) mass is 255 g/mol. The van der Waals surface area contributed by atoms with Gasteiger partial charge in [0.05, 0.1) is 0 Å². The molecule has 14 heavy (non-hydrogen) atoms. The number of sulfonamides is 1. The number of allylic oxidation sites excluding steroid dienone is 3. The number of nitrogens with zero attached hydrogens (tertiary/aromatic N) is 1. The Morgan fingerprint density at radius 1 is 1.50 bits per heavy atom. The molecule has 0 spiro atoms.